The Labute approximate surface area is 146 Å². The number of likely N-dealkylation sites (N-methyl/N-ethyl adjacent to an activating group) is 1. The van der Waals surface area contributed by atoms with E-state index in [0.29, 0.717) is 23.3 Å². The first-order valence-electron chi connectivity index (χ1n) is 8.37. The number of aromatic nitrogens is 2. The fourth-order valence-electron chi connectivity index (χ4n) is 2.67. The summed E-state index contributed by atoms with van der Waals surface area (Å²) in [5, 5.41) is 3.21. The second-order valence-corrected chi connectivity index (χ2v) is 6.30. The van der Waals surface area contributed by atoms with Crippen molar-refractivity contribution in [3.63, 3.8) is 0 Å². The first-order valence-corrected chi connectivity index (χ1v) is 8.37. The zero-order valence-electron chi connectivity index (χ0n) is 15.0. The molecule has 0 saturated heterocycles. The summed E-state index contributed by atoms with van der Waals surface area (Å²) < 4.78 is 0. The molecule has 2 aromatic rings. The van der Waals surface area contributed by atoms with Crippen LogP contribution in [0.15, 0.2) is 29.1 Å². The van der Waals surface area contributed by atoms with E-state index in [9.17, 15) is 14.4 Å². The van der Waals surface area contributed by atoms with Crippen molar-refractivity contribution in [3.8, 4) is 0 Å². The van der Waals surface area contributed by atoms with Crippen molar-refractivity contribution in [3.05, 3.63) is 40.4 Å². The van der Waals surface area contributed by atoms with Gasteiger partial charge in [-0.05, 0) is 25.0 Å². The largest absolute Gasteiger partial charge is 0.344 e. The average molecular weight is 344 g/mol. The number of para-hydroxylation sites is 1. The number of H-pyrrole nitrogens is 1. The molecule has 0 aliphatic carbocycles. The van der Waals surface area contributed by atoms with E-state index in [0.717, 1.165) is 0 Å². The van der Waals surface area contributed by atoms with E-state index in [1.807, 2.05) is 26.8 Å². The number of nitrogens with zero attached hydrogens (tertiary/aromatic N) is 2. The summed E-state index contributed by atoms with van der Waals surface area (Å²) in [6.45, 7) is 7.62. The van der Waals surface area contributed by atoms with Crippen LogP contribution in [-0.2, 0) is 16.1 Å². The molecule has 2 N–H and O–H groups in total. The van der Waals surface area contributed by atoms with Gasteiger partial charge in [0.2, 0.25) is 11.8 Å². The number of carbonyl (C=O) groups is 2. The standard InChI is InChI=1S/C18H24N4O3/c1-5-22(18(25)16(11(2)3)19-12(4)23)10-15-20-14-9-7-6-8-13(14)17(24)21-15/h6-9,11,16H,5,10H2,1-4H3,(H,19,23)(H,20,21,24). The smallest absolute Gasteiger partial charge is 0.258 e. The van der Waals surface area contributed by atoms with Gasteiger partial charge >= 0.3 is 0 Å². The Kier molecular flexibility index (Phi) is 5.90. The van der Waals surface area contributed by atoms with Crippen molar-refractivity contribution in [2.45, 2.75) is 40.3 Å². The number of hydrogen-bond donors (Lipinski definition) is 2. The highest BCUT2D eigenvalue weighted by Crippen LogP contribution is 2.11. The van der Waals surface area contributed by atoms with Crippen LogP contribution < -0.4 is 10.9 Å². The van der Waals surface area contributed by atoms with Gasteiger partial charge < -0.3 is 15.2 Å². The predicted octanol–water partition coefficient (Wildman–Crippen LogP) is 1.43. The molecule has 1 atom stereocenters. The van der Waals surface area contributed by atoms with Crippen LogP contribution in [0.4, 0.5) is 0 Å². The molecule has 2 rings (SSSR count). The van der Waals surface area contributed by atoms with E-state index in [-0.39, 0.29) is 29.8 Å². The first-order chi connectivity index (χ1) is 11.8. The minimum atomic E-state index is -0.607. The molecule has 7 nitrogen and oxygen atoms in total. The molecule has 0 fully saturated rings. The number of benzene rings is 1. The molecule has 1 heterocycles. The molecular formula is C18H24N4O3. The summed E-state index contributed by atoms with van der Waals surface area (Å²) >= 11 is 0. The summed E-state index contributed by atoms with van der Waals surface area (Å²) in [5.41, 5.74) is 0.360. The van der Waals surface area contributed by atoms with Gasteiger partial charge in [-0.25, -0.2) is 4.98 Å². The Morgan fingerprint density at radius 2 is 1.96 bits per heavy atom. The lowest BCUT2D eigenvalue weighted by molar-refractivity contribution is -0.137. The number of aromatic amines is 1. The molecule has 0 spiro atoms. The SMILES string of the molecule is CCN(Cc1nc2ccccc2c(=O)[nH]1)C(=O)C(NC(C)=O)C(C)C. The van der Waals surface area contributed by atoms with Crippen LogP contribution in [0, 0.1) is 5.92 Å². The molecule has 0 bridgehead atoms. The summed E-state index contributed by atoms with van der Waals surface area (Å²) in [7, 11) is 0. The zero-order valence-corrected chi connectivity index (χ0v) is 15.0. The van der Waals surface area contributed by atoms with E-state index in [2.05, 4.69) is 15.3 Å². The van der Waals surface area contributed by atoms with E-state index in [1.165, 1.54) is 6.92 Å². The van der Waals surface area contributed by atoms with E-state index < -0.39 is 6.04 Å². The van der Waals surface area contributed by atoms with Gasteiger partial charge in [0.1, 0.15) is 11.9 Å². The van der Waals surface area contributed by atoms with Gasteiger partial charge in [-0.15, -0.1) is 0 Å². The van der Waals surface area contributed by atoms with Crippen LogP contribution in [0.1, 0.15) is 33.5 Å². The minimum Gasteiger partial charge on any atom is -0.344 e. The van der Waals surface area contributed by atoms with Crippen molar-refractivity contribution in [2.75, 3.05) is 6.54 Å². The molecule has 2 amide bonds. The van der Waals surface area contributed by atoms with Gasteiger partial charge in [-0.1, -0.05) is 26.0 Å². The lowest BCUT2D eigenvalue weighted by Gasteiger charge is -2.28. The van der Waals surface area contributed by atoms with Crippen molar-refractivity contribution < 1.29 is 9.59 Å². The quantitative estimate of drug-likeness (QED) is 0.829. The highest BCUT2D eigenvalue weighted by Gasteiger charge is 2.27. The molecular weight excluding hydrogens is 320 g/mol. The second kappa shape index (κ2) is 7.92. The molecule has 1 aromatic heterocycles. The van der Waals surface area contributed by atoms with E-state index in [4.69, 9.17) is 0 Å². The van der Waals surface area contributed by atoms with Gasteiger partial charge in [0.25, 0.3) is 5.56 Å². The first kappa shape index (κ1) is 18.6. The van der Waals surface area contributed by atoms with E-state index >= 15 is 0 Å². The van der Waals surface area contributed by atoms with Crippen LogP contribution in [0.5, 0.6) is 0 Å². The number of carbonyl (C=O) groups excluding carboxylic acids is 2. The fraction of sp³-hybridized carbons (Fsp3) is 0.444. The van der Waals surface area contributed by atoms with Gasteiger partial charge in [0.15, 0.2) is 0 Å². The molecule has 1 unspecified atom stereocenters. The maximum absolute atomic E-state index is 12.8. The third-order valence-corrected chi connectivity index (χ3v) is 3.99. The van der Waals surface area contributed by atoms with Gasteiger partial charge in [-0.3, -0.25) is 14.4 Å². The lowest BCUT2D eigenvalue weighted by Crippen LogP contribution is -2.50. The minimum absolute atomic E-state index is 0.0472. The fourth-order valence-corrected chi connectivity index (χ4v) is 2.67. The normalized spacial score (nSPS) is 12.2. The van der Waals surface area contributed by atoms with Gasteiger partial charge in [-0.2, -0.15) is 0 Å². The van der Waals surface area contributed by atoms with E-state index in [1.54, 1.807) is 23.1 Å². The van der Waals surface area contributed by atoms with Crippen LogP contribution in [0.2, 0.25) is 0 Å². The molecule has 0 saturated carbocycles. The van der Waals surface area contributed by atoms with Crippen molar-refractivity contribution in [1.29, 1.82) is 0 Å². The lowest BCUT2D eigenvalue weighted by atomic mass is 10.0. The highest BCUT2D eigenvalue weighted by atomic mass is 16.2. The molecule has 0 aliphatic rings. The topological polar surface area (TPSA) is 95.2 Å². The Morgan fingerprint density at radius 3 is 2.56 bits per heavy atom. The molecule has 134 valence electrons. The Balaban J connectivity index is 2.28. The summed E-state index contributed by atoms with van der Waals surface area (Å²) in [5.74, 6) is -0.0675. The third-order valence-electron chi connectivity index (χ3n) is 3.99. The van der Waals surface area contributed by atoms with Crippen molar-refractivity contribution in [2.24, 2.45) is 5.92 Å². The molecule has 0 aliphatic heterocycles. The monoisotopic (exact) mass is 344 g/mol. The van der Waals surface area contributed by atoms with Crippen LogP contribution in [0.25, 0.3) is 10.9 Å². The number of nitrogens with one attached hydrogen (secondary N) is 2. The summed E-state index contributed by atoms with van der Waals surface area (Å²) in [6, 6.07) is 6.46. The summed E-state index contributed by atoms with van der Waals surface area (Å²) in [6.07, 6.45) is 0. The number of hydrogen-bond acceptors (Lipinski definition) is 4. The van der Waals surface area contributed by atoms with Gasteiger partial charge in [0.05, 0.1) is 17.4 Å². The van der Waals surface area contributed by atoms with Gasteiger partial charge in [0, 0.05) is 13.5 Å². The van der Waals surface area contributed by atoms with Crippen molar-refractivity contribution >= 4 is 22.7 Å². The molecule has 25 heavy (non-hydrogen) atoms. The summed E-state index contributed by atoms with van der Waals surface area (Å²) in [4.78, 5) is 45.1. The second-order valence-electron chi connectivity index (χ2n) is 6.30. The number of fused-ring (bicyclic) bond motifs is 1. The number of rotatable bonds is 6. The maximum atomic E-state index is 12.8. The number of amides is 2. The Morgan fingerprint density at radius 1 is 1.28 bits per heavy atom. The molecule has 1 aromatic carbocycles. The van der Waals surface area contributed by atoms with Crippen LogP contribution in [-0.4, -0.2) is 39.3 Å². The maximum Gasteiger partial charge on any atom is 0.258 e. The molecule has 7 heteroatoms. The van der Waals surface area contributed by atoms with Crippen molar-refractivity contribution in [1.82, 2.24) is 20.2 Å². The third kappa shape index (κ3) is 4.43. The molecule has 0 radical (unpaired) electrons. The van der Waals surface area contributed by atoms with Crippen LogP contribution in [0.3, 0.4) is 0 Å². The predicted molar refractivity (Wildman–Crippen MR) is 95.9 cm³/mol. The Hall–Kier alpha value is -2.70. The Bertz CT molecular complexity index is 828. The van der Waals surface area contributed by atoms with Crippen LogP contribution >= 0.6 is 0 Å². The average Bonchev–Trinajstić information content (AvgIpc) is 2.56. The highest BCUT2D eigenvalue weighted by molar-refractivity contribution is 5.87. The zero-order chi connectivity index (χ0) is 18.6.